The number of carbonyl (C=O) groups excluding carboxylic acids is 1. The van der Waals surface area contributed by atoms with Crippen molar-refractivity contribution < 1.29 is 9.53 Å². The molecule has 1 aliphatic rings. The number of benzene rings is 1. The molecule has 158 valence electrons. The zero-order valence-corrected chi connectivity index (χ0v) is 18.1. The van der Waals surface area contributed by atoms with Crippen LogP contribution in [-0.2, 0) is 6.42 Å². The molecular formula is C22H28N6O2. The molecule has 3 heterocycles. The summed E-state index contributed by atoms with van der Waals surface area (Å²) in [6.07, 6.45) is 0.756. The first-order chi connectivity index (χ1) is 14.6. The molecule has 0 atom stereocenters. The quantitative estimate of drug-likeness (QED) is 0.646. The van der Waals surface area contributed by atoms with E-state index in [0.717, 1.165) is 54.3 Å². The van der Waals surface area contributed by atoms with Gasteiger partial charge in [0.15, 0.2) is 11.3 Å². The number of carbonyl (C=O) groups is 1. The van der Waals surface area contributed by atoms with Gasteiger partial charge in [0.05, 0.1) is 24.1 Å². The Morgan fingerprint density at radius 1 is 1.07 bits per heavy atom. The van der Waals surface area contributed by atoms with Gasteiger partial charge in [-0.15, -0.1) is 10.2 Å². The van der Waals surface area contributed by atoms with Crippen molar-refractivity contribution in [3.63, 3.8) is 0 Å². The molecule has 0 unspecified atom stereocenters. The number of likely N-dealkylation sites (N-methyl/N-ethyl adjacent to an activating group) is 1. The molecule has 0 N–H and O–H groups in total. The van der Waals surface area contributed by atoms with Crippen LogP contribution in [0, 0.1) is 6.92 Å². The molecule has 2 aromatic heterocycles. The van der Waals surface area contributed by atoms with Crippen LogP contribution in [0.25, 0.3) is 16.8 Å². The highest BCUT2D eigenvalue weighted by Gasteiger charge is 2.26. The molecule has 0 saturated carbocycles. The van der Waals surface area contributed by atoms with E-state index in [4.69, 9.17) is 9.84 Å². The average Bonchev–Trinajstić information content (AvgIpc) is 3.18. The fraction of sp³-hybridized carbons (Fsp3) is 0.455. The van der Waals surface area contributed by atoms with Crippen molar-refractivity contribution in [1.82, 2.24) is 29.6 Å². The van der Waals surface area contributed by atoms with Gasteiger partial charge in [0.1, 0.15) is 5.75 Å². The zero-order valence-electron chi connectivity index (χ0n) is 18.1. The monoisotopic (exact) mass is 408 g/mol. The summed E-state index contributed by atoms with van der Waals surface area (Å²) in [5.41, 5.74) is 4.65. The molecule has 8 nitrogen and oxygen atoms in total. The Bertz CT molecular complexity index is 1050. The summed E-state index contributed by atoms with van der Waals surface area (Å²) >= 11 is 0. The van der Waals surface area contributed by atoms with Crippen molar-refractivity contribution >= 4 is 11.6 Å². The molecular weight excluding hydrogens is 380 g/mol. The number of amides is 1. The minimum absolute atomic E-state index is 0.0720. The highest BCUT2D eigenvalue weighted by Crippen LogP contribution is 2.30. The van der Waals surface area contributed by atoms with Gasteiger partial charge in [-0.05, 0) is 37.6 Å². The lowest BCUT2D eigenvalue weighted by atomic mass is 10.0. The predicted molar refractivity (Wildman–Crippen MR) is 115 cm³/mol. The fourth-order valence-corrected chi connectivity index (χ4v) is 3.96. The molecule has 1 aliphatic heterocycles. The van der Waals surface area contributed by atoms with Crippen LogP contribution >= 0.6 is 0 Å². The van der Waals surface area contributed by atoms with Gasteiger partial charge in [0.25, 0.3) is 5.91 Å². The van der Waals surface area contributed by atoms with Gasteiger partial charge in [0, 0.05) is 26.2 Å². The van der Waals surface area contributed by atoms with E-state index in [1.54, 1.807) is 11.6 Å². The minimum atomic E-state index is -0.0720. The molecule has 30 heavy (non-hydrogen) atoms. The number of fused-ring (bicyclic) bond motifs is 1. The summed E-state index contributed by atoms with van der Waals surface area (Å²) in [5.74, 6) is 0.726. The topological polar surface area (TPSA) is 75.9 Å². The summed E-state index contributed by atoms with van der Waals surface area (Å²) in [4.78, 5) is 17.3. The molecule has 0 spiro atoms. The van der Waals surface area contributed by atoms with E-state index in [1.807, 2.05) is 36.1 Å². The van der Waals surface area contributed by atoms with E-state index in [9.17, 15) is 4.79 Å². The van der Waals surface area contributed by atoms with Crippen molar-refractivity contribution in [2.45, 2.75) is 27.2 Å². The van der Waals surface area contributed by atoms with Gasteiger partial charge in [0.2, 0.25) is 0 Å². The van der Waals surface area contributed by atoms with E-state index < -0.39 is 0 Å². The lowest BCUT2D eigenvalue weighted by Gasteiger charge is -2.33. The highest BCUT2D eigenvalue weighted by atomic mass is 16.5. The van der Waals surface area contributed by atoms with E-state index >= 15 is 0 Å². The molecule has 1 fully saturated rings. The third kappa shape index (κ3) is 3.52. The SMILES string of the molecule is CCc1nn2c(C)c(C(=O)N3CCN(CC)CC3)nnc2c1-c1ccc(OC)cc1. The number of aromatic nitrogens is 4. The molecule has 8 heteroatoms. The Balaban J connectivity index is 1.72. The zero-order chi connectivity index (χ0) is 21.3. The van der Waals surface area contributed by atoms with Crippen LogP contribution in [0.5, 0.6) is 5.75 Å². The largest absolute Gasteiger partial charge is 0.497 e. The summed E-state index contributed by atoms with van der Waals surface area (Å²) in [6.45, 7) is 10.3. The second-order valence-electron chi connectivity index (χ2n) is 7.50. The maximum atomic E-state index is 13.1. The van der Waals surface area contributed by atoms with Gasteiger partial charge in [-0.3, -0.25) is 4.79 Å². The number of nitrogens with zero attached hydrogens (tertiary/aromatic N) is 6. The van der Waals surface area contributed by atoms with E-state index in [-0.39, 0.29) is 5.91 Å². The number of hydrogen-bond donors (Lipinski definition) is 0. The maximum Gasteiger partial charge on any atom is 0.276 e. The lowest BCUT2D eigenvalue weighted by molar-refractivity contribution is 0.0634. The Labute approximate surface area is 176 Å². The number of rotatable bonds is 5. The first kappa shape index (κ1) is 20.3. The van der Waals surface area contributed by atoms with Gasteiger partial charge in [-0.1, -0.05) is 26.0 Å². The van der Waals surface area contributed by atoms with E-state index in [2.05, 4.69) is 28.9 Å². The Morgan fingerprint density at radius 2 is 1.77 bits per heavy atom. The van der Waals surface area contributed by atoms with Gasteiger partial charge >= 0.3 is 0 Å². The molecule has 3 aromatic rings. The molecule has 1 amide bonds. The van der Waals surface area contributed by atoms with Crippen LogP contribution in [0.15, 0.2) is 24.3 Å². The normalized spacial score (nSPS) is 15.0. The third-order valence-electron chi connectivity index (χ3n) is 5.86. The molecule has 0 bridgehead atoms. The van der Waals surface area contributed by atoms with Crippen LogP contribution in [0.2, 0.25) is 0 Å². The first-order valence-corrected chi connectivity index (χ1v) is 10.5. The van der Waals surface area contributed by atoms with Gasteiger partial charge < -0.3 is 14.5 Å². The van der Waals surface area contributed by atoms with Gasteiger partial charge in [-0.25, -0.2) is 4.52 Å². The van der Waals surface area contributed by atoms with Crippen LogP contribution in [0.3, 0.4) is 0 Å². The summed E-state index contributed by atoms with van der Waals surface area (Å²) in [7, 11) is 1.65. The second kappa shape index (κ2) is 8.39. The van der Waals surface area contributed by atoms with Crippen LogP contribution in [0.4, 0.5) is 0 Å². The summed E-state index contributed by atoms with van der Waals surface area (Å²) in [6, 6.07) is 7.84. The molecule has 0 radical (unpaired) electrons. The third-order valence-corrected chi connectivity index (χ3v) is 5.86. The molecule has 1 aromatic carbocycles. The van der Waals surface area contributed by atoms with Crippen LogP contribution < -0.4 is 4.74 Å². The van der Waals surface area contributed by atoms with E-state index in [0.29, 0.717) is 24.4 Å². The number of aryl methyl sites for hydroxylation is 2. The average molecular weight is 409 g/mol. The Kier molecular flexibility index (Phi) is 5.67. The number of methoxy groups -OCH3 is 1. The standard InChI is InChI=1S/C22H28N6O2/c1-5-18-19(16-7-9-17(30-4)10-8-16)21-24-23-20(15(3)28(21)25-18)22(29)27-13-11-26(6-2)12-14-27/h7-10H,5-6,11-14H2,1-4H3. The lowest BCUT2D eigenvalue weighted by Crippen LogP contribution is -2.48. The van der Waals surface area contributed by atoms with Crippen molar-refractivity contribution in [3.05, 3.63) is 41.3 Å². The first-order valence-electron chi connectivity index (χ1n) is 10.5. The van der Waals surface area contributed by atoms with Crippen LogP contribution in [0.1, 0.15) is 35.7 Å². The fourth-order valence-electron chi connectivity index (χ4n) is 3.96. The predicted octanol–water partition coefficient (Wildman–Crippen LogP) is 2.45. The highest BCUT2D eigenvalue weighted by molar-refractivity contribution is 5.94. The second-order valence-corrected chi connectivity index (χ2v) is 7.50. The molecule has 0 aliphatic carbocycles. The Morgan fingerprint density at radius 3 is 2.37 bits per heavy atom. The number of hydrogen-bond acceptors (Lipinski definition) is 6. The summed E-state index contributed by atoms with van der Waals surface area (Å²) in [5, 5.41) is 13.6. The van der Waals surface area contributed by atoms with Gasteiger partial charge in [-0.2, -0.15) is 5.10 Å². The number of ether oxygens (including phenoxy) is 1. The van der Waals surface area contributed by atoms with Crippen molar-refractivity contribution in [2.24, 2.45) is 0 Å². The summed E-state index contributed by atoms with van der Waals surface area (Å²) < 4.78 is 7.03. The maximum absolute atomic E-state index is 13.1. The molecule has 1 saturated heterocycles. The number of piperazine rings is 1. The minimum Gasteiger partial charge on any atom is -0.497 e. The smallest absolute Gasteiger partial charge is 0.276 e. The van der Waals surface area contributed by atoms with Crippen LogP contribution in [-0.4, -0.2) is 75.4 Å². The van der Waals surface area contributed by atoms with Crippen molar-refractivity contribution in [1.29, 1.82) is 0 Å². The van der Waals surface area contributed by atoms with Crippen molar-refractivity contribution in [2.75, 3.05) is 39.8 Å². The molecule has 4 rings (SSSR count). The Hall–Kier alpha value is -3.00. The van der Waals surface area contributed by atoms with Crippen molar-refractivity contribution in [3.8, 4) is 16.9 Å². The van der Waals surface area contributed by atoms with E-state index in [1.165, 1.54) is 0 Å².